The molecule has 112 valence electrons. The quantitative estimate of drug-likeness (QED) is 0.723. The molecule has 0 spiro atoms. The summed E-state index contributed by atoms with van der Waals surface area (Å²) in [5.74, 6) is -0.394. The SMILES string of the molecule is CCC(CC)(CC)NC(=O)CCC(=O)OC(C)(C)C. The van der Waals surface area contributed by atoms with Crippen LogP contribution in [0, 0.1) is 0 Å². The first-order valence-electron chi connectivity index (χ1n) is 7.21. The second kappa shape index (κ2) is 7.51. The van der Waals surface area contributed by atoms with E-state index in [1.165, 1.54) is 0 Å². The van der Waals surface area contributed by atoms with Crippen LogP contribution >= 0.6 is 0 Å². The number of carbonyl (C=O) groups is 2. The summed E-state index contributed by atoms with van der Waals surface area (Å²) in [6, 6.07) is 0. The van der Waals surface area contributed by atoms with Crippen LogP contribution in [-0.2, 0) is 14.3 Å². The monoisotopic (exact) mass is 271 g/mol. The van der Waals surface area contributed by atoms with E-state index in [-0.39, 0.29) is 30.3 Å². The van der Waals surface area contributed by atoms with Crippen molar-refractivity contribution >= 4 is 11.9 Å². The van der Waals surface area contributed by atoms with Gasteiger partial charge in [0.15, 0.2) is 0 Å². The number of rotatable bonds is 7. The van der Waals surface area contributed by atoms with Crippen LogP contribution in [0.2, 0.25) is 0 Å². The third-order valence-corrected chi connectivity index (χ3v) is 3.41. The van der Waals surface area contributed by atoms with Gasteiger partial charge in [0.25, 0.3) is 0 Å². The summed E-state index contributed by atoms with van der Waals surface area (Å²) in [5.41, 5.74) is -0.626. The maximum atomic E-state index is 11.9. The Kier molecular flexibility index (Phi) is 7.09. The fourth-order valence-electron chi connectivity index (χ4n) is 1.98. The molecule has 1 N–H and O–H groups in total. The molecule has 0 aromatic heterocycles. The van der Waals surface area contributed by atoms with Crippen molar-refractivity contribution in [3.8, 4) is 0 Å². The number of ether oxygens (including phenoxy) is 1. The minimum Gasteiger partial charge on any atom is -0.460 e. The molecule has 0 bridgehead atoms. The molecule has 0 saturated heterocycles. The molecule has 0 radical (unpaired) electrons. The number of nitrogens with one attached hydrogen (secondary N) is 1. The van der Waals surface area contributed by atoms with Crippen molar-refractivity contribution in [3.63, 3.8) is 0 Å². The molecular formula is C15H29NO3. The van der Waals surface area contributed by atoms with Crippen LogP contribution in [0.25, 0.3) is 0 Å². The van der Waals surface area contributed by atoms with E-state index in [1.54, 1.807) is 0 Å². The Hall–Kier alpha value is -1.06. The first kappa shape index (κ1) is 17.9. The van der Waals surface area contributed by atoms with Crippen LogP contribution in [0.15, 0.2) is 0 Å². The predicted octanol–water partition coefficient (Wildman–Crippen LogP) is 3.19. The number of hydrogen-bond donors (Lipinski definition) is 1. The molecule has 0 aliphatic rings. The summed E-state index contributed by atoms with van der Waals surface area (Å²) < 4.78 is 5.18. The molecule has 4 nitrogen and oxygen atoms in total. The van der Waals surface area contributed by atoms with Crippen LogP contribution in [0.1, 0.15) is 73.6 Å². The van der Waals surface area contributed by atoms with E-state index in [1.807, 2.05) is 20.8 Å². The van der Waals surface area contributed by atoms with Gasteiger partial charge in [-0.25, -0.2) is 0 Å². The average Bonchev–Trinajstić information content (AvgIpc) is 2.31. The Morgan fingerprint density at radius 1 is 0.947 bits per heavy atom. The molecule has 0 unspecified atom stereocenters. The third-order valence-electron chi connectivity index (χ3n) is 3.41. The molecule has 0 aromatic rings. The first-order valence-corrected chi connectivity index (χ1v) is 7.21. The van der Waals surface area contributed by atoms with Crippen molar-refractivity contribution in [1.29, 1.82) is 0 Å². The summed E-state index contributed by atoms with van der Waals surface area (Å²) >= 11 is 0. The van der Waals surface area contributed by atoms with E-state index >= 15 is 0 Å². The molecule has 0 aliphatic carbocycles. The highest BCUT2D eigenvalue weighted by molar-refractivity contribution is 5.81. The molecule has 0 fully saturated rings. The number of carbonyl (C=O) groups excluding carboxylic acids is 2. The molecule has 1 amide bonds. The van der Waals surface area contributed by atoms with Crippen molar-refractivity contribution in [1.82, 2.24) is 5.32 Å². The number of amides is 1. The normalized spacial score (nSPS) is 12.1. The largest absolute Gasteiger partial charge is 0.460 e. The van der Waals surface area contributed by atoms with Crippen molar-refractivity contribution in [3.05, 3.63) is 0 Å². The van der Waals surface area contributed by atoms with E-state index in [2.05, 4.69) is 26.1 Å². The highest BCUT2D eigenvalue weighted by Gasteiger charge is 2.26. The molecule has 0 heterocycles. The van der Waals surface area contributed by atoms with Gasteiger partial charge in [0.1, 0.15) is 5.60 Å². The fourth-order valence-corrected chi connectivity index (χ4v) is 1.98. The van der Waals surface area contributed by atoms with Crippen LogP contribution in [0.5, 0.6) is 0 Å². The van der Waals surface area contributed by atoms with Gasteiger partial charge in [0.2, 0.25) is 5.91 Å². The zero-order valence-electron chi connectivity index (χ0n) is 13.3. The van der Waals surface area contributed by atoms with Gasteiger partial charge < -0.3 is 10.1 Å². The number of esters is 1. The third kappa shape index (κ3) is 7.19. The summed E-state index contributed by atoms with van der Waals surface area (Å²) in [5, 5.41) is 3.05. The molecule has 0 aromatic carbocycles. The Labute approximate surface area is 117 Å². The van der Waals surface area contributed by atoms with Crippen molar-refractivity contribution in [2.24, 2.45) is 0 Å². The molecule has 19 heavy (non-hydrogen) atoms. The lowest BCUT2D eigenvalue weighted by molar-refractivity contribution is -0.155. The van der Waals surface area contributed by atoms with Gasteiger partial charge in [0, 0.05) is 12.0 Å². The maximum absolute atomic E-state index is 11.9. The highest BCUT2D eigenvalue weighted by Crippen LogP contribution is 2.19. The van der Waals surface area contributed by atoms with Gasteiger partial charge in [-0.3, -0.25) is 9.59 Å². The van der Waals surface area contributed by atoms with E-state index in [4.69, 9.17) is 4.74 Å². The van der Waals surface area contributed by atoms with E-state index in [9.17, 15) is 9.59 Å². The van der Waals surface area contributed by atoms with Crippen LogP contribution < -0.4 is 5.32 Å². The van der Waals surface area contributed by atoms with Crippen LogP contribution in [-0.4, -0.2) is 23.0 Å². The van der Waals surface area contributed by atoms with Gasteiger partial charge in [-0.1, -0.05) is 20.8 Å². The van der Waals surface area contributed by atoms with Gasteiger partial charge in [-0.05, 0) is 40.0 Å². The standard InChI is InChI=1S/C15H29NO3/c1-7-15(8-2,9-3)16-12(17)10-11-13(18)19-14(4,5)6/h7-11H2,1-6H3,(H,16,17). The van der Waals surface area contributed by atoms with E-state index < -0.39 is 5.60 Å². The van der Waals surface area contributed by atoms with Gasteiger partial charge in [-0.2, -0.15) is 0 Å². The maximum Gasteiger partial charge on any atom is 0.306 e. The topological polar surface area (TPSA) is 55.4 Å². The van der Waals surface area contributed by atoms with Crippen molar-refractivity contribution < 1.29 is 14.3 Å². The molecule has 0 atom stereocenters. The zero-order valence-corrected chi connectivity index (χ0v) is 13.3. The van der Waals surface area contributed by atoms with Crippen molar-refractivity contribution in [2.45, 2.75) is 84.8 Å². The summed E-state index contributed by atoms with van der Waals surface area (Å²) in [4.78, 5) is 23.4. The zero-order chi connectivity index (χ0) is 15.1. The minimum absolute atomic E-state index is 0.0728. The lowest BCUT2D eigenvalue weighted by Crippen LogP contribution is -2.47. The molecule has 4 heteroatoms. The highest BCUT2D eigenvalue weighted by atomic mass is 16.6. The van der Waals surface area contributed by atoms with Gasteiger partial charge in [-0.15, -0.1) is 0 Å². The summed E-state index contributed by atoms with van der Waals surface area (Å²) in [7, 11) is 0. The molecular weight excluding hydrogens is 242 g/mol. The predicted molar refractivity (Wildman–Crippen MR) is 76.8 cm³/mol. The van der Waals surface area contributed by atoms with Gasteiger partial charge in [0.05, 0.1) is 6.42 Å². The molecule has 0 saturated carbocycles. The summed E-state index contributed by atoms with van der Waals surface area (Å²) in [6.07, 6.45) is 3.03. The van der Waals surface area contributed by atoms with Crippen LogP contribution in [0.4, 0.5) is 0 Å². The molecule has 0 rings (SSSR count). The van der Waals surface area contributed by atoms with Gasteiger partial charge >= 0.3 is 5.97 Å². The lowest BCUT2D eigenvalue weighted by Gasteiger charge is -2.31. The Balaban J connectivity index is 4.22. The average molecular weight is 271 g/mol. The Bertz CT molecular complexity index is 293. The van der Waals surface area contributed by atoms with Crippen molar-refractivity contribution in [2.75, 3.05) is 0 Å². The summed E-state index contributed by atoms with van der Waals surface area (Å²) in [6.45, 7) is 11.7. The molecule has 0 aliphatic heterocycles. The van der Waals surface area contributed by atoms with Crippen LogP contribution in [0.3, 0.4) is 0 Å². The van der Waals surface area contributed by atoms with E-state index in [0.717, 1.165) is 19.3 Å². The van der Waals surface area contributed by atoms with E-state index in [0.29, 0.717) is 0 Å². The Morgan fingerprint density at radius 3 is 1.79 bits per heavy atom. The first-order chi connectivity index (χ1) is 8.68. The number of hydrogen-bond acceptors (Lipinski definition) is 3. The fraction of sp³-hybridized carbons (Fsp3) is 0.867. The minimum atomic E-state index is -0.492. The lowest BCUT2D eigenvalue weighted by atomic mass is 9.89. The Morgan fingerprint density at radius 2 is 1.42 bits per heavy atom. The smallest absolute Gasteiger partial charge is 0.306 e. The second-order valence-electron chi connectivity index (χ2n) is 5.98. The second-order valence-corrected chi connectivity index (χ2v) is 5.98.